The Bertz CT molecular complexity index is 751. The number of amides is 1. The van der Waals surface area contributed by atoms with Crippen molar-refractivity contribution in [2.45, 2.75) is 32.7 Å². The van der Waals surface area contributed by atoms with E-state index in [0.717, 1.165) is 11.3 Å². The van der Waals surface area contributed by atoms with Gasteiger partial charge in [-0.2, -0.15) is 0 Å². The van der Waals surface area contributed by atoms with E-state index in [1.807, 2.05) is 31.2 Å². The highest BCUT2D eigenvalue weighted by atomic mass is 16.4. The Morgan fingerprint density at radius 3 is 2.57 bits per heavy atom. The fourth-order valence-corrected chi connectivity index (χ4v) is 2.86. The van der Waals surface area contributed by atoms with Gasteiger partial charge in [-0.05, 0) is 38.8 Å². The number of aromatic nitrogens is 3. The summed E-state index contributed by atoms with van der Waals surface area (Å²) in [4.78, 5) is 25.3. The zero-order valence-corrected chi connectivity index (χ0v) is 13.1. The molecular weight excluding hydrogens is 296 g/mol. The van der Waals surface area contributed by atoms with Gasteiger partial charge in [0.1, 0.15) is 6.04 Å². The second-order valence-electron chi connectivity index (χ2n) is 5.77. The number of benzene rings is 1. The van der Waals surface area contributed by atoms with Crippen LogP contribution in [0.2, 0.25) is 0 Å². The summed E-state index contributed by atoms with van der Waals surface area (Å²) in [6, 6.07) is 6.95. The van der Waals surface area contributed by atoms with E-state index in [1.54, 1.807) is 11.6 Å². The molecule has 0 radical (unpaired) electrons. The maximum absolute atomic E-state index is 12.6. The summed E-state index contributed by atoms with van der Waals surface area (Å²) in [5, 5.41) is 17.3. The predicted molar refractivity (Wildman–Crippen MR) is 82.5 cm³/mol. The highest BCUT2D eigenvalue weighted by Gasteiger charge is 2.36. The smallest absolute Gasteiger partial charge is 0.326 e. The molecular formula is C16H18N4O3. The van der Waals surface area contributed by atoms with Gasteiger partial charge >= 0.3 is 5.97 Å². The third-order valence-corrected chi connectivity index (χ3v) is 4.17. The summed E-state index contributed by atoms with van der Waals surface area (Å²) in [5.74, 6) is -1.34. The van der Waals surface area contributed by atoms with Gasteiger partial charge in [-0.15, -0.1) is 5.10 Å². The van der Waals surface area contributed by atoms with E-state index in [0.29, 0.717) is 25.1 Å². The standard InChI is InChI=1S/C16H18N4O3/c1-10-5-7-12(8-6-10)20-11(2)14(17-18-20)15(21)19-9-3-4-13(19)16(22)23/h5-8,13H,3-4,9H2,1-2H3,(H,22,23)/t13-/m0/s1. The maximum atomic E-state index is 12.6. The Kier molecular flexibility index (Phi) is 3.85. The lowest BCUT2D eigenvalue weighted by Crippen LogP contribution is -2.40. The summed E-state index contributed by atoms with van der Waals surface area (Å²) >= 11 is 0. The number of likely N-dealkylation sites (tertiary alicyclic amines) is 1. The van der Waals surface area contributed by atoms with Crippen molar-refractivity contribution in [1.29, 1.82) is 0 Å². The number of rotatable bonds is 3. The molecule has 1 aromatic carbocycles. The van der Waals surface area contributed by atoms with Gasteiger partial charge in [0.05, 0.1) is 11.4 Å². The highest BCUT2D eigenvalue weighted by molar-refractivity contribution is 5.96. The van der Waals surface area contributed by atoms with Gasteiger partial charge in [-0.25, -0.2) is 9.48 Å². The normalized spacial score (nSPS) is 17.5. The second-order valence-corrected chi connectivity index (χ2v) is 5.77. The zero-order valence-electron chi connectivity index (χ0n) is 13.1. The van der Waals surface area contributed by atoms with Crippen LogP contribution in [0.4, 0.5) is 0 Å². The molecule has 7 heteroatoms. The van der Waals surface area contributed by atoms with E-state index in [4.69, 9.17) is 0 Å². The number of hydrogen-bond donors (Lipinski definition) is 1. The Hall–Kier alpha value is -2.70. The summed E-state index contributed by atoms with van der Waals surface area (Å²) in [6.45, 7) is 4.19. The molecule has 120 valence electrons. The molecule has 23 heavy (non-hydrogen) atoms. The number of hydrogen-bond acceptors (Lipinski definition) is 4. The lowest BCUT2D eigenvalue weighted by Gasteiger charge is -2.20. The third-order valence-electron chi connectivity index (χ3n) is 4.17. The van der Waals surface area contributed by atoms with Crippen LogP contribution in [0.15, 0.2) is 24.3 Å². The van der Waals surface area contributed by atoms with Crippen LogP contribution in [0, 0.1) is 13.8 Å². The number of carbonyl (C=O) groups excluding carboxylic acids is 1. The first kappa shape index (κ1) is 15.2. The average molecular weight is 314 g/mol. The minimum Gasteiger partial charge on any atom is -0.480 e. The van der Waals surface area contributed by atoms with Crippen LogP contribution < -0.4 is 0 Å². The maximum Gasteiger partial charge on any atom is 0.326 e. The number of carbonyl (C=O) groups is 2. The number of nitrogens with zero attached hydrogens (tertiary/aromatic N) is 4. The summed E-state index contributed by atoms with van der Waals surface area (Å²) < 4.78 is 1.60. The third kappa shape index (κ3) is 2.69. The first-order valence-corrected chi connectivity index (χ1v) is 7.52. The van der Waals surface area contributed by atoms with Gasteiger partial charge in [0.2, 0.25) is 0 Å². The van der Waals surface area contributed by atoms with E-state index in [1.165, 1.54) is 4.90 Å². The van der Waals surface area contributed by atoms with E-state index >= 15 is 0 Å². The van der Waals surface area contributed by atoms with Crippen LogP contribution in [-0.2, 0) is 4.79 Å². The van der Waals surface area contributed by atoms with Crippen LogP contribution in [-0.4, -0.2) is 49.5 Å². The Morgan fingerprint density at radius 1 is 1.22 bits per heavy atom. The molecule has 1 fully saturated rings. The molecule has 0 aliphatic carbocycles. The Morgan fingerprint density at radius 2 is 1.91 bits per heavy atom. The lowest BCUT2D eigenvalue weighted by atomic mass is 10.2. The highest BCUT2D eigenvalue weighted by Crippen LogP contribution is 2.21. The Balaban J connectivity index is 1.91. The van der Waals surface area contributed by atoms with Crippen LogP contribution in [0.3, 0.4) is 0 Å². The first-order valence-electron chi connectivity index (χ1n) is 7.52. The number of aliphatic carboxylic acids is 1. The topological polar surface area (TPSA) is 88.3 Å². The molecule has 2 heterocycles. The largest absolute Gasteiger partial charge is 0.480 e. The van der Waals surface area contributed by atoms with Gasteiger partial charge in [-0.1, -0.05) is 22.9 Å². The molecule has 7 nitrogen and oxygen atoms in total. The molecule has 2 aromatic rings. The molecule has 1 aliphatic heterocycles. The fraction of sp³-hybridized carbons (Fsp3) is 0.375. The zero-order chi connectivity index (χ0) is 16.6. The van der Waals surface area contributed by atoms with Crippen molar-refractivity contribution in [2.75, 3.05) is 6.54 Å². The average Bonchev–Trinajstić information content (AvgIpc) is 3.14. The molecule has 0 unspecified atom stereocenters. The van der Waals surface area contributed by atoms with Gasteiger partial charge in [-0.3, -0.25) is 4.79 Å². The molecule has 1 aromatic heterocycles. The summed E-state index contributed by atoms with van der Waals surface area (Å²) in [7, 11) is 0. The van der Waals surface area contributed by atoms with E-state index in [2.05, 4.69) is 10.3 Å². The minimum absolute atomic E-state index is 0.207. The van der Waals surface area contributed by atoms with Crippen molar-refractivity contribution in [1.82, 2.24) is 19.9 Å². The first-order chi connectivity index (χ1) is 11.0. The Labute approximate surface area is 133 Å². The van der Waals surface area contributed by atoms with Crippen LogP contribution >= 0.6 is 0 Å². The molecule has 1 aliphatic rings. The molecule has 0 saturated carbocycles. The monoisotopic (exact) mass is 314 g/mol. The lowest BCUT2D eigenvalue weighted by molar-refractivity contribution is -0.141. The van der Waals surface area contributed by atoms with Crippen molar-refractivity contribution in [3.8, 4) is 5.69 Å². The number of carboxylic acid groups (broad SMARTS) is 1. The van der Waals surface area contributed by atoms with Crippen LogP contribution in [0.5, 0.6) is 0 Å². The van der Waals surface area contributed by atoms with Crippen LogP contribution in [0.25, 0.3) is 5.69 Å². The summed E-state index contributed by atoms with van der Waals surface area (Å²) in [6.07, 6.45) is 1.17. The minimum atomic E-state index is -0.973. The van der Waals surface area contributed by atoms with E-state index in [-0.39, 0.29) is 11.6 Å². The van der Waals surface area contributed by atoms with Crippen molar-refractivity contribution < 1.29 is 14.7 Å². The van der Waals surface area contributed by atoms with Gasteiger partial charge < -0.3 is 10.0 Å². The number of aryl methyl sites for hydroxylation is 1. The molecule has 1 amide bonds. The van der Waals surface area contributed by atoms with Crippen molar-refractivity contribution >= 4 is 11.9 Å². The quantitative estimate of drug-likeness (QED) is 0.929. The fourth-order valence-electron chi connectivity index (χ4n) is 2.86. The van der Waals surface area contributed by atoms with E-state index in [9.17, 15) is 14.7 Å². The SMILES string of the molecule is Cc1ccc(-n2nnc(C(=O)N3CCC[C@H]3C(=O)O)c2C)cc1. The van der Waals surface area contributed by atoms with Gasteiger partial charge in [0.15, 0.2) is 5.69 Å². The van der Waals surface area contributed by atoms with Crippen molar-refractivity contribution in [3.05, 3.63) is 41.2 Å². The van der Waals surface area contributed by atoms with Gasteiger partial charge in [0.25, 0.3) is 5.91 Å². The molecule has 0 bridgehead atoms. The van der Waals surface area contributed by atoms with Crippen LogP contribution in [0.1, 0.15) is 34.6 Å². The predicted octanol–water partition coefficient (Wildman–Crippen LogP) is 1.57. The number of carboxylic acids is 1. The summed E-state index contributed by atoms with van der Waals surface area (Å²) in [5.41, 5.74) is 2.76. The molecule has 1 N–H and O–H groups in total. The van der Waals surface area contributed by atoms with Crippen molar-refractivity contribution in [2.24, 2.45) is 0 Å². The van der Waals surface area contributed by atoms with E-state index < -0.39 is 12.0 Å². The molecule has 1 saturated heterocycles. The van der Waals surface area contributed by atoms with Crippen molar-refractivity contribution in [3.63, 3.8) is 0 Å². The molecule has 0 spiro atoms. The molecule has 3 rings (SSSR count). The van der Waals surface area contributed by atoms with Gasteiger partial charge in [0, 0.05) is 6.54 Å². The molecule has 1 atom stereocenters. The second kappa shape index (κ2) is 5.83.